The van der Waals surface area contributed by atoms with Crippen LogP contribution in [0, 0.1) is 0 Å². The maximum Gasteiger partial charge on any atom is 0.252 e. The van der Waals surface area contributed by atoms with Crippen molar-refractivity contribution in [3.05, 3.63) is 0 Å². The summed E-state index contributed by atoms with van der Waals surface area (Å²) in [5.41, 5.74) is 17.7. The molecule has 15 atom stereocenters. The smallest absolute Gasteiger partial charge is 0.252 e. The van der Waals surface area contributed by atoms with E-state index in [1.165, 1.54) is 0 Å². The number of amides is 1. The van der Waals surface area contributed by atoms with Gasteiger partial charge in [-0.1, -0.05) is 0 Å². The number of halogens is 1. The van der Waals surface area contributed by atoms with E-state index in [-0.39, 0.29) is 32.5 Å². The monoisotopic (exact) mass is 601 g/mol. The molecule has 2 heterocycles. The number of alkyl halides is 1. The van der Waals surface area contributed by atoms with Crippen LogP contribution in [0.5, 0.6) is 0 Å². The highest BCUT2D eigenvalue weighted by atomic mass is 19.1. The van der Waals surface area contributed by atoms with Gasteiger partial charge in [0, 0.05) is 25.7 Å². The van der Waals surface area contributed by atoms with E-state index in [9.17, 15) is 39.8 Å². The summed E-state index contributed by atoms with van der Waals surface area (Å²) in [5.74, 6) is -1.16. The molecule has 1 aliphatic carbocycles. The fourth-order valence-corrected chi connectivity index (χ4v) is 5.11. The number of ether oxygens (including phenoxy) is 4. The summed E-state index contributed by atoms with van der Waals surface area (Å²) in [6.45, 7) is -0.998. The number of hydrogen-bond acceptors (Lipinski definition) is 16. The molecule has 0 unspecified atom stereocenters. The van der Waals surface area contributed by atoms with Crippen LogP contribution < -0.4 is 27.8 Å². The number of rotatable bonds is 13. The highest BCUT2D eigenvalue weighted by Gasteiger charge is 2.52. The molecule has 1 saturated carbocycles. The fraction of sp³-hybridized carbons (Fsp3) is 0.957. The topological polar surface area (TPSA) is 298 Å². The quantitative estimate of drug-likeness (QED) is 0.0873. The van der Waals surface area contributed by atoms with Crippen molar-refractivity contribution in [3.63, 3.8) is 0 Å². The number of nitrogens with two attached hydrogens (primary N) is 3. The maximum absolute atomic E-state index is 13.8. The van der Waals surface area contributed by atoms with E-state index in [4.69, 9.17) is 41.3 Å². The molecule has 0 aromatic heterocycles. The molecule has 240 valence electrons. The number of aliphatic hydroxyl groups is 7. The van der Waals surface area contributed by atoms with Gasteiger partial charge in [0.15, 0.2) is 18.7 Å². The zero-order valence-corrected chi connectivity index (χ0v) is 22.4. The third kappa shape index (κ3) is 8.25. The molecule has 0 aromatic carbocycles. The highest BCUT2D eigenvalue weighted by molar-refractivity contribution is 5.81. The SMILES string of the molecule is NC[C@@H](F)[C@H](O)C(=O)N[C@@H]1C[C@H](N)[C@@H](O[C@H]2O[C@H](CNCCO)[C@@H](O)C[C@H]2N)[C@H](O[C@@H]2O[C@H](CO)[C@@H](O)[C@H]2O)[C@H]1O. The Morgan fingerprint density at radius 2 is 1.61 bits per heavy atom. The zero-order valence-electron chi connectivity index (χ0n) is 22.4. The maximum atomic E-state index is 13.8. The van der Waals surface area contributed by atoms with Gasteiger partial charge in [-0.05, 0) is 12.8 Å². The molecule has 1 amide bonds. The lowest BCUT2D eigenvalue weighted by Crippen LogP contribution is -2.67. The van der Waals surface area contributed by atoms with E-state index >= 15 is 0 Å². The average Bonchev–Trinajstić information content (AvgIpc) is 3.22. The Kier molecular flexibility index (Phi) is 13.0. The van der Waals surface area contributed by atoms with Crippen molar-refractivity contribution in [2.45, 2.75) is 105 Å². The minimum Gasteiger partial charge on any atom is -0.395 e. The zero-order chi connectivity index (χ0) is 30.4. The highest BCUT2D eigenvalue weighted by Crippen LogP contribution is 2.32. The van der Waals surface area contributed by atoms with E-state index in [0.29, 0.717) is 0 Å². The molecule has 3 aliphatic rings. The van der Waals surface area contributed by atoms with Crippen LogP contribution in [-0.2, 0) is 23.7 Å². The largest absolute Gasteiger partial charge is 0.395 e. The molecule has 2 saturated heterocycles. The van der Waals surface area contributed by atoms with Gasteiger partial charge >= 0.3 is 0 Å². The normalized spacial score (nSPS) is 43.0. The molecule has 3 fully saturated rings. The molecular weight excluding hydrogens is 557 g/mol. The van der Waals surface area contributed by atoms with Crippen molar-refractivity contribution in [2.75, 3.05) is 32.8 Å². The Morgan fingerprint density at radius 3 is 2.22 bits per heavy atom. The first kappa shape index (κ1) is 34.3. The van der Waals surface area contributed by atoms with Crippen LogP contribution >= 0.6 is 0 Å². The van der Waals surface area contributed by atoms with Gasteiger partial charge in [0.1, 0.15) is 42.8 Å². The molecule has 0 bridgehead atoms. The van der Waals surface area contributed by atoms with Crippen LogP contribution in [0.2, 0.25) is 0 Å². The first-order valence-corrected chi connectivity index (χ1v) is 13.5. The van der Waals surface area contributed by atoms with Gasteiger partial charge in [-0.15, -0.1) is 0 Å². The Balaban J connectivity index is 1.80. The van der Waals surface area contributed by atoms with Gasteiger partial charge in [-0.25, -0.2) is 4.39 Å². The van der Waals surface area contributed by atoms with Gasteiger partial charge in [0.2, 0.25) is 0 Å². The van der Waals surface area contributed by atoms with Gasteiger partial charge in [0.05, 0.1) is 37.5 Å². The lowest BCUT2D eigenvalue weighted by Gasteiger charge is -2.47. The van der Waals surface area contributed by atoms with E-state index in [2.05, 4.69) is 10.6 Å². The Morgan fingerprint density at radius 1 is 0.951 bits per heavy atom. The lowest BCUT2D eigenvalue weighted by atomic mass is 9.83. The van der Waals surface area contributed by atoms with Crippen LogP contribution in [0.15, 0.2) is 0 Å². The number of hydrogen-bond donors (Lipinski definition) is 12. The van der Waals surface area contributed by atoms with Crippen molar-refractivity contribution < 1.29 is 63.9 Å². The van der Waals surface area contributed by atoms with Gasteiger partial charge < -0.3 is 82.5 Å². The Bertz CT molecular complexity index is 825. The minimum absolute atomic E-state index is 0.0725. The van der Waals surface area contributed by atoms with Crippen LogP contribution in [0.1, 0.15) is 12.8 Å². The fourth-order valence-electron chi connectivity index (χ4n) is 5.11. The second kappa shape index (κ2) is 15.5. The summed E-state index contributed by atoms with van der Waals surface area (Å²) in [4.78, 5) is 12.4. The molecule has 0 spiro atoms. The Labute approximate surface area is 235 Å². The van der Waals surface area contributed by atoms with Crippen LogP contribution in [0.4, 0.5) is 4.39 Å². The van der Waals surface area contributed by atoms with Crippen molar-refractivity contribution in [1.82, 2.24) is 10.6 Å². The third-order valence-corrected chi connectivity index (χ3v) is 7.50. The molecule has 0 radical (unpaired) electrons. The van der Waals surface area contributed by atoms with E-state index in [1.54, 1.807) is 0 Å². The first-order valence-electron chi connectivity index (χ1n) is 13.5. The predicted octanol–water partition coefficient (Wildman–Crippen LogP) is -7.18. The number of carbonyl (C=O) groups is 1. The molecule has 15 N–H and O–H groups in total. The molecule has 17 nitrogen and oxygen atoms in total. The van der Waals surface area contributed by atoms with Crippen LogP contribution in [0.3, 0.4) is 0 Å². The lowest BCUT2D eigenvalue weighted by molar-refractivity contribution is -0.296. The summed E-state index contributed by atoms with van der Waals surface area (Å²) in [7, 11) is 0. The summed E-state index contributed by atoms with van der Waals surface area (Å²) in [6, 6.07) is -3.05. The van der Waals surface area contributed by atoms with Crippen LogP contribution in [0.25, 0.3) is 0 Å². The molecule has 18 heteroatoms. The number of carbonyl (C=O) groups excluding carboxylic acids is 1. The molecule has 2 aliphatic heterocycles. The van der Waals surface area contributed by atoms with Gasteiger partial charge in [-0.2, -0.15) is 0 Å². The average molecular weight is 602 g/mol. The third-order valence-electron chi connectivity index (χ3n) is 7.50. The van der Waals surface area contributed by atoms with Gasteiger partial charge in [0.25, 0.3) is 5.91 Å². The first-order chi connectivity index (χ1) is 19.4. The van der Waals surface area contributed by atoms with E-state index in [1.807, 2.05) is 0 Å². The summed E-state index contributed by atoms with van der Waals surface area (Å²) >= 11 is 0. The summed E-state index contributed by atoms with van der Waals surface area (Å²) < 4.78 is 36.9. The Hall–Kier alpha value is -1.20. The minimum atomic E-state index is -2.12. The number of nitrogens with one attached hydrogen (secondary N) is 2. The molecule has 41 heavy (non-hydrogen) atoms. The van der Waals surface area contributed by atoms with Crippen molar-refractivity contribution in [2.24, 2.45) is 17.2 Å². The van der Waals surface area contributed by atoms with Crippen LogP contribution in [-0.4, -0.2) is 166 Å². The predicted molar refractivity (Wildman–Crippen MR) is 135 cm³/mol. The standard InChI is InChI=1S/C23H44FN5O12/c24-8(5-25)15(33)21(37)29-11-3-9(26)19(20(16(11)34)41-23-18(36)17(35)14(7-31)39-23)40-22-10(27)4-12(32)13(38-22)6-28-1-2-30/h8-20,22-23,28,30-36H,1-7,25-27H2,(H,29,37)/t8-,9+,10-,11-,12+,13-,14-,15+,16+,17-,18-,19-,20-,22-,23+/m1/s1. The summed E-state index contributed by atoms with van der Waals surface area (Å²) in [6.07, 6.45) is -17.4. The van der Waals surface area contributed by atoms with Gasteiger partial charge in [-0.3, -0.25) is 4.79 Å². The van der Waals surface area contributed by atoms with E-state index in [0.717, 1.165) is 0 Å². The second-order valence-electron chi connectivity index (χ2n) is 10.5. The van der Waals surface area contributed by atoms with Crippen molar-refractivity contribution in [3.8, 4) is 0 Å². The number of aliphatic hydroxyl groups excluding tert-OH is 7. The van der Waals surface area contributed by atoms with Crippen molar-refractivity contribution in [1.29, 1.82) is 0 Å². The molecule has 3 rings (SSSR count). The van der Waals surface area contributed by atoms with Crippen molar-refractivity contribution >= 4 is 5.91 Å². The van der Waals surface area contributed by atoms with E-state index < -0.39 is 111 Å². The molecular formula is C23H44FN5O12. The summed E-state index contributed by atoms with van der Waals surface area (Å²) in [5, 5.41) is 75.7. The second-order valence-corrected chi connectivity index (χ2v) is 10.5. The molecule has 0 aromatic rings.